The van der Waals surface area contributed by atoms with Gasteiger partial charge < -0.3 is 19.5 Å². The first-order chi connectivity index (χ1) is 11.1. The second-order valence-electron chi connectivity index (χ2n) is 4.68. The second kappa shape index (κ2) is 7.49. The molecule has 0 aliphatic rings. The van der Waals surface area contributed by atoms with E-state index in [0.29, 0.717) is 22.8 Å². The summed E-state index contributed by atoms with van der Waals surface area (Å²) in [5.74, 6) is 0.436. The van der Waals surface area contributed by atoms with E-state index in [0.717, 1.165) is 0 Å². The third-order valence-corrected chi connectivity index (χ3v) is 3.35. The number of carbonyl (C=O) groups excluding carboxylic acids is 1. The van der Waals surface area contributed by atoms with Crippen molar-refractivity contribution in [3.63, 3.8) is 0 Å². The first-order valence-electron chi connectivity index (χ1n) is 6.92. The second-order valence-corrected chi connectivity index (χ2v) is 4.68. The number of hydrogen-bond acceptors (Lipinski definition) is 4. The van der Waals surface area contributed by atoms with Crippen molar-refractivity contribution in [2.24, 2.45) is 0 Å². The van der Waals surface area contributed by atoms with Gasteiger partial charge in [0.15, 0.2) is 11.5 Å². The van der Waals surface area contributed by atoms with Crippen molar-refractivity contribution < 1.29 is 23.4 Å². The van der Waals surface area contributed by atoms with E-state index in [9.17, 15) is 9.18 Å². The summed E-state index contributed by atoms with van der Waals surface area (Å²) in [6, 6.07) is 9.35. The molecular weight excluding hydrogens is 301 g/mol. The zero-order chi connectivity index (χ0) is 16.8. The van der Waals surface area contributed by atoms with E-state index in [1.165, 1.54) is 33.5 Å². The number of benzene rings is 2. The topological polar surface area (TPSA) is 56.8 Å². The van der Waals surface area contributed by atoms with Crippen LogP contribution in [0, 0.1) is 5.82 Å². The van der Waals surface area contributed by atoms with E-state index in [4.69, 9.17) is 14.2 Å². The van der Waals surface area contributed by atoms with Crippen LogP contribution in [0.5, 0.6) is 17.2 Å². The molecular formula is C17H18FNO4. The van der Waals surface area contributed by atoms with Gasteiger partial charge in [-0.05, 0) is 6.07 Å². The highest BCUT2D eigenvalue weighted by atomic mass is 19.1. The number of rotatable bonds is 6. The SMILES string of the molecule is COc1cc(OC)c(C(=O)NCc2ccccc2F)cc1OC. The first kappa shape index (κ1) is 16.6. The third-order valence-electron chi connectivity index (χ3n) is 3.35. The average Bonchev–Trinajstić information content (AvgIpc) is 2.59. The number of hydrogen-bond donors (Lipinski definition) is 1. The van der Waals surface area contributed by atoms with Crippen LogP contribution < -0.4 is 19.5 Å². The monoisotopic (exact) mass is 319 g/mol. The molecule has 6 heteroatoms. The van der Waals surface area contributed by atoms with Crippen molar-refractivity contribution in [2.75, 3.05) is 21.3 Å². The van der Waals surface area contributed by atoms with Crippen LogP contribution in [0.4, 0.5) is 4.39 Å². The predicted octanol–water partition coefficient (Wildman–Crippen LogP) is 2.78. The maximum atomic E-state index is 13.6. The summed E-state index contributed by atoms with van der Waals surface area (Å²) in [6.07, 6.45) is 0. The standard InChI is InChI=1S/C17H18FNO4/c1-21-14-9-16(23-3)15(22-2)8-12(14)17(20)19-10-11-6-4-5-7-13(11)18/h4-9H,10H2,1-3H3,(H,19,20). The Labute approximate surface area is 134 Å². The fourth-order valence-electron chi connectivity index (χ4n) is 2.12. The number of ether oxygens (including phenoxy) is 3. The zero-order valence-corrected chi connectivity index (χ0v) is 13.2. The van der Waals surface area contributed by atoms with Crippen LogP contribution in [0.2, 0.25) is 0 Å². The Morgan fingerprint density at radius 2 is 1.61 bits per heavy atom. The summed E-state index contributed by atoms with van der Waals surface area (Å²) < 4.78 is 29.2. The lowest BCUT2D eigenvalue weighted by Gasteiger charge is -2.14. The minimum absolute atomic E-state index is 0.0724. The molecule has 0 aromatic heterocycles. The quantitative estimate of drug-likeness (QED) is 0.889. The number of halogens is 1. The summed E-state index contributed by atoms with van der Waals surface area (Å²) in [4.78, 5) is 12.4. The van der Waals surface area contributed by atoms with E-state index in [1.807, 2.05) is 0 Å². The maximum absolute atomic E-state index is 13.6. The van der Waals surface area contributed by atoms with Gasteiger partial charge in [0, 0.05) is 24.2 Å². The van der Waals surface area contributed by atoms with Crippen LogP contribution in [0.15, 0.2) is 36.4 Å². The molecule has 0 bridgehead atoms. The first-order valence-corrected chi connectivity index (χ1v) is 6.92. The molecule has 2 aromatic carbocycles. The van der Waals surface area contributed by atoms with Crippen LogP contribution in [0.3, 0.4) is 0 Å². The van der Waals surface area contributed by atoms with Gasteiger partial charge in [0.2, 0.25) is 0 Å². The molecule has 23 heavy (non-hydrogen) atoms. The van der Waals surface area contributed by atoms with Gasteiger partial charge in [-0.1, -0.05) is 18.2 Å². The molecule has 0 heterocycles. The molecule has 0 unspecified atom stereocenters. The highest BCUT2D eigenvalue weighted by molar-refractivity contribution is 5.97. The molecule has 0 saturated carbocycles. The van der Waals surface area contributed by atoms with E-state index < -0.39 is 5.91 Å². The van der Waals surface area contributed by atoms with Crippen molar-refractivity contribution in [3.8, 4) is 17.2 Å². The molecule has 0 atom stereocenters. The normalized spacial score (nSPS) is 10.1. The lowest BCUT2D eigenvalue weighted by atomic mass is 10.1. The molecule has 5 nitrogen and oxygen atoms in total. The minimum Gasteiger partial charge on any atom is -0.496 e. The Hall–Kier alpha value is -2.76. The summed E-state index contributed by atoms with van der Waals surface area (Å²) in [5, 5.41) is 2.66. The average molecular weight is 319 g/mol. The lowest BCUT2D eigenvalue weighted by Crippen LogP contribution is -2.24. The molecule has 0 aliphatic heterocycles. The Morgan fingerprint density at radius 1 is 1.00 bits per heavy atom. The van der Waals surface area contributed by atoms with Crippen LogP contribution in [0.1, 0.15) is 15.9 Å². The molecule has 0 spiro atoms. The van der Waals surface area contributed by atoms with Gasteiger partial charge >= 0.3 is 0 Å². The Bertz CT molecular complexity index is 703. The minimum atomic E-state index is -0.397. The van der Waals surface area contributed by atoms with Crippen molar-refractivity contribution in [1.29, 1.82) is 0 Å². The van der Waals surface area contributed by atoms with Gasteiger partial charge in [-0.25, -0.2) is 4.39 Å². The molecule has 122 valence electrons. The smallest absolute Gasteiger partial charge is 0.255 e. The Balaban J connectivity index is 2.23. The fraction of sp³-hybridized carbons (Fsp3) is 0.235. The zero-order valence-electron chi connectivity index (χ0n) is 13.2. The van der Waals surface area contributed by atoms with E-state index >= 15 is 0 Å². The molecule has 0 aliphatic carbocycles. The molecule has 2 rings (SSSR count). The Morgan fingerprint density at radius 3 is 2.22 bits per heavy atom. The van der Waals surface area contributed by atoms with Gasteiger partial charge in [0.05, 0.1) is 26.9 Å². The van der Waals surface area contributed by atoms with Gasteiger partial charge in [0.1, 0.15) is 11.6 Å². The van der Waals surface area contributed by atoms with Crippen LogP contribution in [-0.2, 0) is 6.54 Å². The number of nitrogens with one attached hydrogen (secondary N) is 1. The molecule has 2 aromatic rings. The van der Waals surface area contributed by atoms with Gasteiger partial charge in [-0.2, -0.15) is 0 Å². The molecule has 1 N–H and O–H groups in total. The van der Waals surface area contributed by atoms with E-state index in [2.05, 4.69) is 5.32 Å². The van der Waals surface area contributed by atoms with Gasteiger partial charge in [-0.3, -0.25) is 4.79 Å². The number of methoxy groups -OCH3 is 3. The summed E-state index contributed by atoms with van der Waals surface area (Å²) >= 11 is 0. The molecule has 1 amide bonds. The van der Waals surface area contributed by atoms with E-state index in [-0.39, 0.29) is 17.9 Å². The van der Waals surface area contributed by atoms with Crippen molar-refractivity contribution in [2.45, 2.75) is 6.54 Å². The van der Waals surface area contributed by atoms with Crippen LogP contribution in [0.25, 0.3) is 0 Å². The van der Waals surface area contributed by atoms with Crippen molar-refractivity contribution >= 4 is 5.91 Å². The third kappa shape index (κ3) is 3.71. The Kier molecular flexibility index (Phi) is 5.41. The van der Waals surface area contributed by atoms with Crippen LogP contribution in [-0.4, -0.2) is 27.2 Å². The maximum Gasteiger partial charge on any atom is 0.255 e. The van der Waals surface area contributed by atoms with Crippen molar-refractivity contribution in [3.05, 3.63) is 53.3 Å². The highest BCUT2D eigenvalue weighted by Gasteiger charge is 2.17. The van der Waals surface area contributed by atoms with E-state index in [1.54, 1.807) is 24.3 Å². The largest absolute Gasteiger partial charge is 0.496 e. The number of amides is 1. The van der Waals surface area contributed by atoms with Gasteiger partial charge in [0.25, 0.3) is 5.91 Å². The number of carbonyl (C=O) groups is 1. The van der Waals surface area contributed by atoms with Gasteiger partial charge in [-0.15, -0.1) is 0 Å². The van der Waals surface area contributed by atoms with Crippen LogP contribution >= 0.6 is 0 Å². The summed E-state index contributed by atoms with van der Waals surface area (Å²) in [7, 11) is 4.43. The predicted molar refractivity (Wildman–Crippen MR) is 83.7 cm³/mol. The highest BCUT2D eigenvalue weighted by Crippen LogP contribution is 2.34. The summed E-state index contributed by atoms with van der Waals surface area (Å²) in [5.41, 5.74) is 0.682. The van der Waals surface area contributed by atoms with Crippen molar-refractivity contribution in [1.82, 2.24) is 5.32 Å². The summed E-state index contributed by atoms with van der Waals surface area (Å²) in [6.45, 7) is 0.0724. The lowest BCUT2D eigenvalue weighted by molar-refractivity contribution is 0.0947. The molecule has 0 radical (unpaired) electrons. The fourth-order valence-corrected chi connectivity index (χ4v) is 2.12. The molecule has 0 fully saturated rings. The molecule has 0 saturated heterocycles.